The maximum absolute atomic E-state index is 13.9. The van der Waals surface area contributed by atoms with Gasteiger partial charge in [0, 0.05) is 19.3 Å². The van der Waals surface area contributed by atoms with Crippen molar-refractivity contribution in [1.82, 2.24) is 4.98 Å². The Morgan fingerprint density at radius 2 is 2.11 bits per heavy atom. The van der Waals surface area contributed by atoms with Gasteiger partial charge in [0.05, 0.1) is 10.7 Å². The third-order valence-corrected chi connectivity index (χ3v) is 3.11. The van der Waals surface area contributed by atoms with Crippen LogP contribution in [0.15, 0.2) is 36.5 Å². The number of para-hydroxylation sites is 1. The zero-order valence-corrected chi connectivity index (χ0v) is 11.4. The molecule has 0 saturated heterocycles. The van der Waals surface area contributed by atoms with Crippen LogP contribution in [0.2, 0.25) is 5.02 Å². The highest BCUT2D eigenvalue weighted by Crippen LogP contribution is 2.31. The van der Waals surface area contributed by atoms with Crippen molar-refractivity contribution in [3.63, 3.8) is 0 Å². The minimum Gasteiger partial charge on any atom is -0.326 e. The van der Waals surface area contributed by atoms with Crippen molar-refractivity contribution in [1.29, 1.82) is 0 Å². The van der Waals surface area contributed by atoms with Crippen LogP contribution in [0.5, 0.6) is 0 Å². The number of hydrogen-bond acceptors (Lipinski definition) is 3. The SMILES string of the molecule is CCN(c1ccccc1F)c1ncc(CN)cc1Cl. The smallest absolute Gasteiger partial charge is 0.151 e. The largest absolute Gasteiger partial charge is 0.326 e. The van der Waals surface area contributed by atoms with Gasteiger partial charge in [0.15, 0.2) is 5.82 Å². The maximum Gasteiger partial charge on any atom is 0.151 e. The van der Waals surface area contributed by atoms with Crippen LogP contribution < -0.4 is 10.6 Å². The molecule has 1 aromatic carbocycles. The van der Waals surface area contributed by atoms with E-state index in [1.807, 2.05) is 6.92 Å². The Morgan fingerprint density at radius 3 is 2.68 bits per heavy atom. The zero-order valence-electron chi connectivity index (χ0n) is 10.6. The number of benzene rings is 1. The monoisotopic (exact) mass is 279 g/mol. The minimum atomic E-state index is -0.301. The van der Waals surface area contributed by atoms with Crippen LogP contribution in [-0.4, -0.2) is 11.5 Å². The molecule has 2 N–H and O–H groups in total. The number of pyridine rings is 1. The summed E-state index contributed by atoms with van der Waals surface area (Å²) >= 11 is 6.20. The highest BCUT2D eigenvalue weighted by atomic mass is 35.5. The Morgan fingerprint density at radius 1 is 1.37 bits per heavy atom. The van der Waals surface area contributed by atoms with E-state index in [1.54, 1.807) is 35.4 Å². The highest BCUT2D eigenvalue weighted by molar-refractivity contribution is 6.33. The van der Waals surface area contributed by atoms with E-state index in [0.29, 0.717) is 29.6 Å². The third-order valence-electron chi connectivity index (χ3n) is 2.83. The molecule has 0 radical (unpaired) electrons. The van der Waals surface area contributed by atoms with Gasteiger partial charge in [0.25, 0.3) is 0 Å². The first-order valence-corrected chi connectivity index (χ1v) is 6.41. The van der Waals surface area contributed by atoms with Crippen LogP contribution >= 0.6 is 11.6 Å². The number of aromatic nitrogens is 1. The molecule has 5 heteroatoms. The lowest BCUT2D eigenvalue weighted by atomic mass is 10.2. The van der Waals surface area contributed by atoms with Crippen molar-refractivity contribution in [3.8, 4) is 0 Å². The topological polar surface area (TPSA) is 42.2 Å². The van der Waals surface area contributed by atoms with E-state index < -0.39 is 0 Å². The van der Waals surface area contributed by atoms with Gasteiger partial charge < -0.3 is 10.6 Å². The molecular formula is C14H15ClFN3. The maximum atomic E-state index is 13.9. The van der Waals surface area contributed by atoms with Gasteiger partial charge in [0.2, 0.25) is 0 Å². The predicted octanol–water partition coefficient (Wildman–Crippen LogP) is 3.49. The molecule has 0 fully saturated rings. The fourth-order valence-electron chi connectivity index (χ4n) is 1.89. The van der Waals surface area contributed by atoms with E-state index in [2.05, 4.69) is 4.98 Å². The quantitative estimate of drug-likeness (QED) is 0.931. The molecule has 0 saturated carbocycles. The lowest BCUT2D eigenvalue weighted by molar-refractivity contribution is 0.625. The number of halogens is 2. The lowest BCUT2D eigenvalue weighted by Crippen LogP contribution is -2.19. The molecule has 2 rings (SSSR count). The number of hydrogen-bond donors (Lipinski definition) is 1. The Hall–Kier alpha value is -1.65. The van der Waals surface area contributed by atoms with Crippen LogP contribution in [0.3, 0.4) is 0 Å². The second-order valence-electron chi connectivity index (χ2n) is 4.05. The van der Waals surface area contributed by atoms with Gasteiger partial charge in [-0.05, 0) is 30.7 Å². The molecule has 0 unspecified atom stereocenters. The van der Waals surface area contributed by atoms with Crippen molar-refractivity contribution in [3.05, 3.63) is 52.9 Å². The van der Waals surface area contributed by atoms with Gasteiger partial charge in [-0.1, -0.05) is 23.7 Å². The summed E-state index contributed by atoms with van der Waals surface area (Å²) in [4.78, 5) is 6.02. The van der Waals surface area contributed by atoms with Crippen LogP contribution in [0.1, 0.15) is 12.5 Å². The summed E-state index contributed by atoms with van der Waals surface area (Å²) in [6.07, 6.45) is 1.66. The van der Waals surface area contributed by atoms with Crippen molar-refractivity contribution < 1.29 is 4.39 Å². The van der Waals surface area contributed by atoms with Crippen LogP contribution in [0.4, 0.5) is 15.9 Å². The van der Waals surface area contributed by atoms with Crippen LogP contribution in [-0.2, 0) is 6.54 Å². The highest BCUT2D eigenvalue weighted by Gasteiger charge is 2.15. The van der Waals surface area contributed by atoms with Crippen molar-refractivity contribution in [2.75, 3.05) is 11.4 Å². The summed E-state index contributed by atoms with van der Waals surface area (Å²) < 4.78 is 13.9. The molecule has 2 aromatic rings. The molecular weight excluding hydrogens is 265 g/mol. The Balaban J connectivity index is 2.46. The first-order valence-electron chi connectivity index (χ1n) is 6.04. The van der Waals surface area contributed by atoms with E-state index in [9.17, 15) is 4.39 Å². The average molecular weight is 280 g/mol. The molecule has 1 aromatic heterocycles. The van der Waals surface area contributed by atoms with Crippen molar-refractivity contribution in [2.45, 2.75) is 13.5 Å². The molecule has 0 aliphatic carbocycles. The van der Waals surface area contributed by atoms with E-state index in [1.165, 1.54) is 6.07 Å². The lowest BCUT2D eigenvalue weighted by Gasteiger charge is -2.23. The zero-order chi connectivity index (χ0) is 13.8. The number of nitrogens with zero attached hydrogens (tertiary/aromatic N) is 2. The minimum absolute atomic E-state index is 0.301. The number of anilines is 2. The Kier molecular flexibility index (Phi) is 4.35. The normalized spacial score (nSPS) is 10.5. The molecule has 1 heterocycles. The van der Waals surface area contributed by atoms with Crippen LogP contribution in [0.25, 0.3) is 0 Å². The van der Waals surface area contributed by atoms with Crippen LogP contribution in [0, 0.1) is 5.82 Å². The molecule has 0 amide bonds. The third kappa shape index (κ3) is 2.85. The van der Waals surface area contributed by atoms with E-state index in [-0.39, 0.29) is 5.82 Å². The van der Waals surface area contributed by atoms with Crippen molar-refractivity contribution in [2.24, 2.45) is 5.73 Å². The van der Waals surface area contributed by atoms with Crippen molar-refractivity contribution >= 4 is 23.1 Å². The summed E-state index contributed by atoms with van der Waals surface area (Å²) in [6.45, 7) is 2.86. The standard InChI is InChI=1S/C14H15ClFN3/c1-2-19(13-6-4-3-5-12(13)16)14-11(15)7-10(8-17)9-18-14/h3-7,9H,2,8,17H2,1H3. The van der Waals surface area contributed by atoms with E-state index >= 15 is 0 Å². The fourth-order valence-corrected chi connectivity index (χ4v) is 2.18. The second kappa shape index (κ2) is 5.99. The summed E-state index contributed by atoms with van der Waals surface area (Å²) in [7, 11) is 0. The first kappa shape index (κ1) is 13.8. The van der Waals surface area contributed by atoms with Gasteiger partial charge in [-0.3, -0.25) is 0 Å². The summed E-state index contributed by atoms with van der Waals surface area (Å²) in [5.41, 5.74) is 6.84. The molecule has 0 aliphatic rings. The van der Waals surface area contributed by atoms with Gasteiger partial charge in [0.1, 0.15) is 5.82 Å². The number of rotatable bonds is 4. The summed E-state index contributed by atoms with van der Waals surface area (Å²) in [5, 5.41) is 0.466. The van der Waals surface area contributed by atoms with Gasteiger partial charge in [-0.15, -0.1) is 0 Å². The molecule has 0 atom stereocenters. The predicted molar refractivity (Wildman–Crippen MR) is 76.2 cm³/mol. The van der Waals surface area contributed by atoms with E-state index in [4.69, 9.17) is 17.3 Å². The summed E-state index contributed by atoms with van der Waals surface area (Å²) in [5.74, 6) is 0.233. The fraction of sp³-hybridized carbons (Fsp3) is 0.214. The second-order valence-corrected chi connectivity index (χ2v) is 4.46. The summed E-state index contributed by atoms with van der Waals surface area (Å²) in [6, 6.07) is 8.31. The molecule has 0 aliphatic heterocycles. The molecule has 3 nitrogen and oxygen atoms in total. The molecule has 0 bridgehead atoms. The molecule has 100 valence electrons. The number of nitrogens with two attached hydrogens (primary N) is 1. The van der Waals surface area contributed by atoms with Gasteiger partial charge in [-0.2, -0.15) is 0 Å². The van der Waals surface area contributed by atoms with Gasteiger partial charge >= 0.3 is 0 Å². The van der Waals surface area contributed by atoms with E-state index in [0.717, 1.165) is 5.56 Å². The van der Waals surface area contributed by atoms with Gasteiger partial charge in [-0.25, -0.2) is 9.37 Å². The Labute approximate surface area is 116 Å². The first-order chi connectivity index (χ1) is 9.17. The molecule has 0 spiro atoms. The Bertz CT molecular complexity index is 574. The molecule has 19 heavy (non-hydrogen) atoms. The average Bonchev–Trinajstić information content (AvgIpc) is 2.43.